The number of carboxylic acid groups (broad SMARTS) is 1. The fourth-order valence-corrected chi connectivity index (χ4v) is 4.93. The molecule has 0 heterocycles. The van der Waals surface area contributed by atoms with E-state index < -0.39 is 73.4 Å². The zero-order valence-corrected chi connectivity index (χ0v) is 18.8. The predicted molar refractivity (Wildman–Crippen MR) is 115 cm³/mol. The summed E-state index contributed by atoms with van der Waals surface area (Å²) in [5, 5.41) is 10.1. The van der Waals surface area contributed by atoms with E-state index in [0.717, 1.165) is 6.07 Å². The second kappa shape index (κ2) is 8.42. The molecule has 0 aromatic heterocycles. The van der Waals surface area contributed by atoms with Crippen LogP contribution in [0.5, 0.6) is 0 Å². The maximum atomic E-state index is 12.7. The predicted octanol–water partition coefficient (Wildman–Crippen LogP) is 1.53. The molecule has 1 amide bonds. The van der Waals surface area contributed by atoms with Crippen LogP contribution >= 0.6 is 0 Å². The van der Waals surface area contributed by atoms with Gasteiger partial charge in [-0.05, 0) is 47.9 Å². The molecule has 16 heteroatoms. The molecule has 3 aromatic rings. The summed E-state index contributed by atoms with van der Waals surface area (Å²) in [5.41, 5.74) is -1.13. The molecule has 13 nitrogen and oxygen atoms in total. The Morgan fingerprint density at radius 1 is 0.706 bits per heavy atom. The van der Waals surface area contributed by atoms with E-state index in [0.29, 0.717) is 24.3 Å². The lowest BCUT2D eigenvalue weighted by atomic mass is 10.1. The molecule has 0 unspecified atom stereocenters. The molecule has 0 aliphatic heterocycles. The summed E-state index contributed by atoms with van der Waals surface area (Å²) in [6.45, 7) is 0. The number of anilines is 1. The first kappa shape index (κ1) is 25.2. The highest BCUT2D eigenvalue weighted by Gasteiger charge is 2.25. The first-order valence-electron chi connectivity index (χ1n) is 8.67. The Kier molecular flexibility index (Phi) is 6.25. The second-order valence-corrected chi connectivity index (χ2v) is 11.0. The van der Waals surface area contributed by atoms with Crippen molar-refractivity contribution in [3.05, 3.63) is 59.7 Å². The van der Waals surface area contributed by atoms with Crippen LogP contribution in [0, 0.1) is 0 Å². The largest absolute Gasteiger partial charge is 0.478 e. The molecule has 34 heavy (non-hydrogen) atoms. The number of nitrogens with one attached hydrogen (secondary N) is 1. The lowest BCUT2D eigenvalue weighted by Gasteiger charge is -2.14. The third-order valence-electron chi connectivity index (χ3n) is 4.45. The van der Waals surface area contributed by atoms with Crippen molar-refractivity contribution in [2.24, 2.45) is 0 Å². The fourth-order valence-electron chi connectivity index (χ4n) is 3.01. The number of carbonyl (C=O) groups is 2. The third-order valence-corrected chi connectivity index (χ3v) is 6.99. The summed E-state index contributed by atoms with van der Waals surface area (Å²) in [5.74, 6) is -2.41. The monoisotopic (exact) mass is 531 g/mol. The zero-order valence-electron chi connectivity index (χ0n) is 16.4. The van der Waals surface area contributed by atoms with Crippen LogP contribution in [0.3, 0.4) is 0 Å². The molecule has 3 rings (SSSR count). The van der Waals surface area contributed by atoms with Crippen LogP contribution in [0.15, 0.2) is 63.2 Å². The third kappa shape index (κ3) is 5.22. The minimum Gasteiger partial charge on any atom is -0.478 e. The van der Waals surface area contributed by atoms with Crippen LogP contribution in [-0.4, -0.2) is 55.9 Å². The summed E-state index contributed by atoms with van der Waals surface area (Å²) < 4.78 is 98.9. The second-order valence-electron chi connectivity index (χ2n) is 6.76. The molecular formula is C18H13NO12S3. The van der Waals surface area contributed by atoms with E-state index in [9.17, 15) is 48.5 Å². The number of benzene rings is 3. The minimum absolute atomic E-state index is 0.242. The quantitative estimate of drug-likeness (QED) is 0.285. The van der Waals surface area contributed by atoms with Crippen molar-refractivity contribution in [1.29, 1.82) is 0 Å². The molecule has 0 saturated heterocycles. The zero-order chi connectivity index (χ0) is 25.6. The Bertz CT molecular complexity index is 1690. The van der Waals surface area contributed by atoms with E-state index in [1.807, 2.05) is 0 Å². The van der Waals surface area contributed by atoms with Gasteiger partial charge in [-0.2, -0.15) is 25.3 Å². The van der Waals surface area contributed by atoms with Crippen LogP contribution in [0.4, 0.5) is 5.69 Å². The Hall–Kier alpha value is -3.41. The number of hydrogen-bond acceptors (Lipinski definition) is 8. The Labute approximate surface area is 191 Å². The molecule has 180 valence electrons. The Morgan fingerprint density at radius 3 is 1.74 bits per heavy atom. The molecule has 0 fully saturated rings. The average molecular weight is 531 g/mol. The van der Waals surface area contributed by atoms with Gasteiger partial charge in [0.1, 0.15) is 4.90 Å². The van der Waals surface area contributed by atoms with Crippen LogP contribution in [0.25, 0.3) is 10.8 Å². The van der Waals surface area contributed by atoms with Crippen molar-refractivity contribution in [3.63, 3.8) is 0 Å². The highest BCUT2D eigenvalue weighted by Crippen LogP contribution is 2.35. The van der Waals surface area contributed by atoms with E-state index in [-0.39, 0.29) is 11.1 Å². The molecule has 0 saturated carbocycles. The summed E-state index contributed by atoms with van der Waals surface area (Å²) >= 11 is 0. The van der Waals surface area contributed by atoms with Crippen LogP contribution in [-0.2, 0) is 30.4 Å². The van der Waals surface area contributed by atoms with Gasteiger partial charge in [0.05, 0.1) is 21.0 Å². The molecule has 0 aliphatic rings. The Morgan fingerprint density at radius 2 is 1.24 bits per heavy atom. The van der Waals surface area contributed by atoms with Crippen LogP contribution in [0.2, 0.25) is 0 Å². The highest BCUT2D eigenvalue weighted by atomic mass is 32.2. The average Bonchev–Trinajstić information content (AvgIpc) is 2.70. The van der Waals surface area contributed by atoms with Gasteiger partial charge in [-0.15, -0.1) is 0 Å². The van der Waals surface area contributed by atoms with E-state index >= 15 is 0 Å². The first-order valence-corrected chi connectivity index (χ1v) is 13.0. The molecule has 0 bridgehead atoms. The van der Waals surface area contributed by atoms with E-state index in [1.165, 1.54) is 18.2 Å². The molecule has 0 aliphatic carbocycles. The highest BCUT2D eigenvalue weighted by molar-refractivity contribution is 7.87. The smallest absolute Gasteiger partial charge is 0.335 e. The maximum Gasteiger partial charge on any atom is 0.335 e. The van der Waals surface area contributed by atoms with E-state index in [4.69, 9.17) is 5.11 Å². The molecular weight excluding hydrogens is 518 g/mol. The van der Waals surface area contributed by atoms with Gasteiger partial charge in [-0.1, -0.05) is 6.07 Å². The SMILES string of the molecule is O=C(O)c1cccc(C(=O)Nc2cc(S(=O)(=O)O)cc3cc(S(=O)(=O)O)cc(S(=O)(=O)O)c23)c1. The summed E-state index contributed by atoms with van der Waals surface area (Å²) in [6.07, 6.45) is 0. The van der Waals surface area contributed by atoms with Gasteiger partial charge in [0.25, 0.3) is 36.3 Å². The van der Waals surface area contributed by atoms with Crippen molar-refractivity contribution in [2.75, 3.05) is 5.32 Å². The minimum atomic E-state index is -5.22. The number of carbonyl (C=O) groups excluding carboxylic acids is 1. The van der Waals surface area contributed by atoms with Crippen LogP contribution in [0.1, 0.15) is 20.7 Å². The number of fused-ring (bicyclic) bond motifs is 1. The lowest BCUT2D eigenvalue weighted by Crippen LogP contribution is -2.15. The summed E-state index contributed by atoms with van der Waals surface area (Å²) in [7, 11) is -15.3. The topological polar surface area (TPSA) is 230 Å². The van der Waals surface area contributed by atoms with E-state index in [2.05, 4.69) is 5.32 Å². The van der Waals surface area contributed by atoms with Gasteiger partial charge >= 0.3 is 5.97 Å². The van der Waals surface area contributed by atoms with E-state index in [1.54, 1.807) is 0 Å². The van der Waals surface area contributed by atoms with Gasteiger partial charge in [0.15, 0.2) is 0 Å². The van der Waals surface area contributed by atoms with Crippen molar-refractivity contribution in [3.8, 4) is 0 Å². The molecule has 0 spiro atoms. The lowest BCUT2D eigenvalue weighted by molar-refractivity contribution is 0.0696. The first-order chi connectivity index (χ1) is 15.5. The van der Waals surface area contributed by atoms with Gasteiger partial charge in [-0.3, -0.25) is 18.5 Å². The number of amides is 1. The Balaban J connectivity index is 2.37. The number of rotatable bonds is 6. The summed E-state index contributed by atoms with van der Waals surface area (Å²) in [4.78, 5) is 20.8. The van der Waals surface area contributed by atoms with Crippen molar-refractivity contribution in [2.45, 2.75) is 14.7 Å². The van der Waals surface area contributed by atoms with Crippen molar-refractivity contribution in [1.82, 2.24) is 0 Å². The standard InChI is InChI=1S/C18H13NO12S3/c20-17(9-2-1-3-10(4-9)18(21)22)19-14-7-12(32(23,24)25)5-11-6-13(33(26,27)28)8-15(16(11)14)34(29,30)31/h1-8H,(H,19,20)(H,21,22)(H,23,24,25)(H,26,27,28)(H,29,30,31). The molecule has 0 atom stereocenters. The van der Waals surface area contributed by atoms with Gasteiger partial charge < -0.3 is 10.4 Å². The summed E-state index contributed by atoms with van der Waals surface area (Å²) in [6, 6.07) is 6.87. The number of carboxylic acids is 1. The molecule has 3 aromatic carbocycles. The normalized spacial score (nSPS) is 12.4. The molecule has 5 N–H and O–H groups in total. The van der Waals surface area contributed by atoms with Gasteiger partial charge in [-0.25, -0.2) is 4.79 Å². The van der Waals surface area contributed by atoms with Crippen molar-refractivity contribution >= 4 is 58.7 Å². The maximum absolute atomic E-state index is 12.7. The van der Waals surface area contributed by atoms with Gasteiger partial charge in [0, 0.05) is 10.9 Å². The van der Waals surface area contributed by atoms with Crippen LogP contribution < -0.4 is 5.32 Å². The fraction of sp³-hybridized carbons (Fsp3) is 0. The molecule has 0 radical (unpaired) electrons. The van der Waals surface area contributed by atoms with Crippen molar-refractivity contribution < 1.29 is 53.6 Å². The number of hydrogen-bond donors (Lipinski definition) is 5. The van der Waals surface area contributed by atoms with Gasteiger partial charge in [0.2, 0.25) is 0 Å². The number of aromatic carboxylic acids is 1.